The van der Waals surface area contributed by atoms with E-state index in [0.717, 1.165) is 12.1 Å². The molecule has 0 aliphatic heterocycles. The van der Waals surface area contributed by atoms with Gasteiger partial charge in [-0.15, -0.1) is 0 Å². The van der Waals surface area contributed by atoms with Gasteiger partial charge in [0.05, 0.1) is 16.9 Å². The second-order valence-electron chi connectivity index (χ2n) is 3.90. The van der Waals surface area contributed by atoms with Crippen molar-refractivity contribution in [3.63, 3.8) is 0 Å². The summed E-state index contributed by atoms with van der Waals surface area (Å²) in [5, 5.41) is 2.76. The van der Waals surface area contributed by atoms with Gasteiger partial charge in [-0.3, -0.25) is 0 Å². The first-order chi connectivity index (χ1) is 8.88. The average molecular weight is 270 g/mol. The minimum absolute atomic E-state index is 0.0811. The lowest BCUT2D eigenvalue weighted by molar-refractivity contribution is -0.137. The standard InChI is InChI=1S/C13H10F4N2/c14-10-2-1-3-11(12(10)18)19-9-6-4-8(5-7-9)13(15,16)17/h1-7,19H,18H2. The highest BCUT2D eigenvalue weighted by Crippen LogP contribution is 2.31. The van der Waals surface area contributed by atoms with Crippen LogP contribution in [0.25, 0.3) is 0 Å². The summed E-state index contributed by atoms with van der Waals surface area (Å²) in [4.78, 5) is 0. The smallest absolute Gasteiger partial charge is 0.395 e. The first kappa shape index (κ1) is 13.2. The van der Waals surface area contributed by atoms with E-state index >= 15 is 0 Å². The quantitative estimate of drug-likeness (QED) is 0.635. The van der Waals surface area contributed by atoms with Crippen LogP contribution in [0.5, 0.6) is 0 Å². The van der Waals surface area contributed by atoms with E-state index in [1.807, 2.05) is 0 Å². The lowest BCUT2D eigenvalue weighted by Crippen LogP contribution is -2.04. The number of anilines is 3. The van der Waals surface area contributed by atoms with E-state index in [1.54, 1.807) is 0 Å². The number of nitrogens with one attached hydrogen (secondary N) is 1. The van der Waals surface area contributed by atoms with Gasteiger partial charge in [0, 0.05) is 5.69 Å². The van der Waals surface area contributed by atoms with Gasteiger partial charge in [-0.05, 0) is 36.4 Å². The first-order valence-corrected chi connectivity index (χ1v) is 5.36. The highest BCUT2D eigenvalue weighted by molar-refractivity contribution is 5.72. The average Bonchev–Trinajstić information content (AvgIpc) is 2.35. The van der Waals surface area contributed by atoms with E-state index in [-0.39, 0.29) is 5.69 Å². The summed E-state index contributed by atoms with van der Waals surface area (Å²) in [7, 11) is 0. The Kier molecular flexibility index (Phi) is 3.33. The van der Waals surface area contributed by atoms with Crippen molar-refractivity contribution in [3.05, 3.63) is 53.8 Å². The third kappa shape index (κ3) is 2.96. The summed E-state index contributed by atoms with van der Waals surface area (Å²) < 4.78 is 50.3. The zero-order chi connectivity index (χ0) is 14.0. The largest absolute Gasteiger partial charge is 0.416 e. The molecule has 0 saturated carbocycles. The number of nitrogen functional groups attached to an aromatic ring is 1. The lowest BCUT2D eigenvalue weighted by Gasteiger charge is -2.11. The summed E-state index contributed by atoms with van der Waals surface area (Å²) in [6, 6.07) is 8.59. The number of hydrogen-bond donors (Lipinski definition) is 2. The van der Waals surface area contributed by atoms with E-state index < -0.39 is 17.6 Å². The number of nitrogens with two attached hydrogens (primary N) is 1. The van der Waals surface area contributed by atoms with Gasteiger partial charge in [0.2, 0.25) is 0 Å². The SMILES string of the molecule is Nc1c(F)cccc1Nc1ccc(C(F)(F)F)cc1. The Hall–Kier alpha value is -2.24. The molecule has 0 aliphatic carbocycles. The molecule has 0 unspecified atom stereocenters. The molecule has 3 N–H and O–H groups in total. The van der Waals surface area contributed by atoms with E-state index in [2.05, 4.69) is 5.32 Å². The Morgan fingerprint density at radius 3 is 2.16 bits per heavy atom. The summed E-state index contributed by atoms with van der Waals surface area (Å²) >= 11 is 0. The van der Waals surface area contributed by atoms with Gasteiger partial charge in [-0.2, -0.15) is 13.2 Å². The maximum atomic E-state index is 13.2. The molecule has 0 spiro atoms. The lowest BCUT2D eigenvalue weighted by atomic mass is 10.2. The Balaban J connectivity index is 2.23. The minimum atomic E-state index is -4.38. The highest BCUT2D eigenvalue weighted by Gasteiger charge is 2.29. The molecule has 2 nitrogen and oxygen atoms in total. The first-order valence-electron chi connectivity index (χ1n) is 5.36. The van der Waals surface area contributed by atoms with Crippen molar-refractivity contribution >= 4 is 17.1 Å². The zero-order valence-electron chi connectivity index (χ0n) is 9.63. The predicted molar refractivity (Wildman–Crippen MR) is 65.5 cm³/mol. The van der Waals surface area contributed by atoms with Crippen LogP contribution >= 0.6 is 0 Å². The van der Waals surface area contributed by atoms with Gasteiger partial charge in [0.1, 0.15) is 5.82 Å². The van der Waals surface area contributed by atoms with Gasteiger partial charge in [-0.1, -0.05) is 6.07 Å². The Bertz CT molecular complexity index is 576. The molecule has 6 heteroatoms. The summed E-state index contributed by atoms with van der Waals surface area (Å²) in [6.45, 7) is 0. The molecule has 2 aromatic rings. The van der Waals surface area contributed by atoms with Crippen LogP contribution in [0.15, 0.2) is 42.5 Å². The molecule has 0 aromatic heterocycles. The molecule has 0 heterocycles. The third-order valence-corrected chi connectivity index (χ3v) is 2.54. The molecule has 19 heavy (non-hydrogen) atoms. The third-order valence-electron chi connectivity index (χ3n) is 2.54. The van der Waals surface area contributed by atoms with Crippen LogP contribution < -0.4 is 11.1 Å². The number of halogens is 4. The van der Waals surface area contributed by atoms with E-state index in [4.69, 9.17) is 5.73 Å². The molecule has 0 atom stereocenters. The van der Waals surface area contributed by atoms with Crippen LogP contribution in [0.1, 0.15) is 5.56 Å². The highest BCUT2D eigenvalue weighted by atomic mass is 19.4. The van der Waals surface area contributed by atoms with Crippen molar-refractivity contribution in [1.29, 1.82) is 0 Å². The number of benzene rings is 2. The fourth-order valence-corrected chi connectivity index (χ4v) is 1.54. The van der Waals surface area contributed by atoms with Gasteiger partial charge >= 0.3 is 6.18 Å². The van der Waals surface area contributed by atoms with Gasteiger partial charge in [-0.25, -0.2) is 4.39 Å². The predicted octanol–water partition coefficient (Wildman–Crippen LogP) is 4.17. The topological polar surface area (TPSA) is 38.0 Å². The van der Waals surface area contributed by atoms with E-state index in [0.29, 0.717) is 11.4 Å². The zero-order valence-corrected chi connectivity index (χ0v) is 9.63. The van der Waals surface area contributed by atoms with Gasteiger partial charge in [0.25, 0.3) is 0 Å². The van der Waals surface area contributed by atoms with Crippen molar-refractivity contribution in [1.82, 2.24) is 0 Å². The Morgan fingerprint density at radius 1 is 0.947 bits per heavy atom. The van der Waals surface area contributed by atoms with Gasteiger partial charge in [0.15, 0.2) is 0 Å². The maximum Gasteiger partial charge on any atom is 0.416 e. The monoisotopic (exact) mass is 270 g/mol. The molecule has 2 aromatic carbocycles. The van der Waals surface area contributed by atoms with Crippen molar-refractivity contribution < 1.29 is 17.6 Å². The van der Waals surface area contributed by atoms with E-state index in [9.17, 15) is 17.6 Å². The number of rotatable bonds is 2. The fourth-order valence-electron chi connectivity index (χ4n) is 1.54. The van der Waals surface area contributed by atoms with Crippen LogP contribution in [0.2, 0.25) is 0 Å². The second kappa shape index (κ2) is 4.79. The second-order valence-corrected chi connectivity index (χ2v) is 3.90. The number of para-hydroxylation sites is 1. The van der Waals surface area contributed by atoms with E-state index in [1.165, 1.54) is 30.3 Å². The van der Waals surface area contributed by atoms with Crippen molar-refractivity contribution in [2.45, 2.75) is 6.18 Å². The molecule has 0 saturated heterocycles. The molecule has 2 rings (SSSR count). The number of hydrogen-bond acceptors (Lipinski definition) is 2. The Morgan fingerprint density at radius 2 is 1.58 bits per heavy atom. The molecular weight excluding hydrogens is 260 g/mol. The number of alkyl halides is 3. The maximum absolute atomic E-state index is 13.2. The normalized spacial score (nSPS) is 11.4. The molecule has 100 valence electrons. The molecule has 0 aliphatic rings. The van der Waals surface area contributed by atoms with Crippen LogP contribution in [0, 0.1) is 5.82 Å². The van der Waals surface area contributed by atoms with Crippen LogP contribution in [0.4, 0.5) is 34.6 Å². The van der Waals surface area contributed by atoms with Crippen molar-refractivity contribution in [3.8, 4) is 0 Å². The van der Waals surface area contributed by atoms with Crippen molar-refractivity contribution in [2.24, 2.45) is 0 Å². The molecule has 0 radical (unpaired) electrons. The fraction of sp³-hybridized carbons (Fsp3) is 0.0769. The molecular formula is C13H10F4N2. The van der Waals surface area contributed by atoms with Crippen molar-refractivity contribution in [2.75, 3.05) is 11.1 Å². The summed E-state index contributed by atoms with van der Waals surface area (Å²) in [5.74, 6) is -0.586. The van der Waals surface area contributed by atoms with Gasteiger partial charge < -0.3 is 11.1 Å². The molecule has 0 fully saturated rings. The summed E-state index contributed by atoms with van der Waals surface area (Å²) in [5.41, 5.74) is 5.38. The minimum Gasteiger partial charge on any atom is -0.395 e. The van der Waals surface area contributed by atoms with Crippen LogP contribution in [-0.4, -0.2) is 0 Å². The molecule has 0 amide bonds. The molecule has 0 bridgehead atoms. The van der Waals surface area contributed by atoms with Crippen LogP contribution in [0.3, 0.4) is 0 Å². The summed E-state index contributed by atoms with van der Waals surface area (Å²) in [6.07, 6.45) is -4.38. The Labute approximate surface area is 106 Å². The van der Waals surface area contributed by atoms with Crippen LogP contribution in [-0.2, 0) is 6.18 Å².